The summed E-state index contributed by atoms with van der Waals surface area (Å²) in [6.45, 7) is 12.6. The first kappa shape index (κ1) is 20.4. The zero-order valence-electron chi connectivity index (χ0n) is 14.7. The van der Waals surface area contributed by atoms with Crippen LogP contribution >= 0.6 is 0 Å². The standard InChI is InChI=1S/C13H24N2O2.2C2H6/c1-2-3-10-4-6-15(7-5-10)13(17)12-8-11(16)9-14-12;2*1-2/h10-12,14,16H,2-9H2,1H3;2*1-2H3/t11-,12-;;/m1../s1. The van der Waals surface area contributed by atoms with Crippen LogP contribution < -0.4 is 5.32 Å². The predicted molar refractivity (Wildman–Crippen MR) is 89.3 cm³/mol. The van der Waals surface area contributed by atoms with Gasteiger partial charge >= 0.3 is 0 Å². The van der Waals surface area contributed by atoms with E-state index in [4.69, 9.17) is 0 Å². The molecule has 2 heterocycles. The van der Waals surface area contributed by atoms with Gasteiger partial charge in [0.1, 0.15) is 0 Å². The van der Waals surface area contributed by atoms with Gasteiger partial charge in [0.05, 0.1) is 12.1 Å². The van der Waals surface area contributed by atoms with E-state index in [9.17, 15) is 9.90 Å². The van der Waals surface area contributed by atoms with E-state index < -0.39 is 0 Å². The molecule has 21 heavy (non-hydrogen) atoms. The molecule has 0 aromatic heterocycles. The molecular weight excluding hydrogens is 264 g/mol. The second-order valence-corrected chi connectivity index (χ2v) is 5.41. The van der Waals surface area contributed by atoms with Gasteiger partial charge in [0.25, 0.3) is 0 Å². The largest absolute Gasteiger partial charge is 0.392 e. The van der Waals surface area contributed by atoms with Gasteiger partial charge in [-0.2, -0.15) is 0 Å². The summed E-state index contributed by atoms with van der Waals surface area (Å²) >= 11 is 0. The first-order valence-corrected chi connectivity index (χ1v) is 8.91. The molecule has 2 saturated heterocycles. The summed E-state index contributed by atoms with van der Waals surface area (Å²) in [7, 11) is 0. The summed E-state index contributed by atoms with van der Waals surface area (Å²) in [5.41, 5.74) is 0. The predicted octanol–water partition coefficient (Wildman–Crippen LogP) is 2.80. The van der Waals surface area contributed by atoms with Gasteiger partial charge in [-0.15, -0.1) is 0 Å². The Morgan fingerprint density at radius 2 is 1.76 bits per heavy atom. The highest BCUT2D eigenvalue weighted by atomic mass is 16.3. The monoisotopic (exact) mass is 300 g/mol. The van der Waals surface area contributed by atoms with Crippen LogP contribution in [0.2, 0.25) is 0 Å². The molecule has 0 aromatic carbocycles. The highest BCUT2D eigenvalue weighted by molar-refractivity contribution is 5.82. The van der Waals surface area contributed by atoms with Crippen molar-refractivity contribution in [2.75, 3.05) is 19.6 Å². The van der Waals surface area contributed by atoms with Gasteiger partial charge in [-0.05, 0) is 25.2 Å². The fourth-order valence-electron chi connectivity index (χ4n) is 2.98. The minimum atomic E-state index is -0.346. The Balaban J connectivity index is 0.000000921. The van der Waals surface area contributed by atoms with Crippen molar-refractivity contribution in [2.45, 2.75) is 78.9 Å². The number of carbonyl (C=O) groups is 1. The fraction of sp³-hybridized carbons (Fsp3) is 0.941. The zero-order valence-corrected chi connectivity index (χ0v) is 14.7. The smallest absolute Gasteiger partial charge is 0.239 e. The van der Waals surface area contributed by atoms with Gasteiger partial charge in [0, 0.05) is 19.6 Å². The summed E-state index contributed by atoms with van der Waals surface area (Å²) in [6.07, 6.45) is 5.07. The lowest BCUT2D eigenvalue weighted by Crippen LogP contribution is -2.47. The molecule has 0 spiro atoms. The van der Waals surface area contributed by atoms with Crippen LogP contribution in [-0.2, 0) is 4.79 Å². The van der Waals surface area contributed by atoms with E-state index in [1.54, 1.807) is 0 Å². The molecule has 0 saturated carbocycles. The van der Waals surface area contributed by atoms with Crippen LogP contribution in [0.3, 0.4) is 0 Å². The van der Waals surface area contributed by atoms with Gasteiger partial charge in [-0.3, -0.25) is 4.79 Å². The summed E-state index contributed by atoms with van der Waals surface area (Å²) in [5.74, 6) is 1.00. The first-order chi connectivity index (χ1) is 10.2. The SMILES string of the molecule is CC.CC.CCCC1CCN(C(=O)[C@H]2C[C@@H](O)CN2)CC1. The molecule has 2 aliphatic rings. The van der Waals surface area contributed by atoms with Gasteiger partial charge in [0.15, 0.2) is 0 Å². The van der Waals surface area contributed by atoms with Crippen molar-refractivity contribution in [1.82, 2.24) is 10.2 Å². The van der Waals surface area contributed by atoms with Crippen LogP contribution in [0.15, 0.2) is 0 Å². The van der Waals surface area contributed by atoms with Crippen LogP contribution in [0.25, 0.3) is 0 Å². The lowest BCUT2D eigenvalue weighted by molar-refractivity contribution is -0.134. The third-order valence-electron chi connectivity index (χ3n) is 4.03. The molecule has 0 aromatic rings. The molecule has 1 amide bonds. The van der Waals surface area contributed by atoms with Crippen molar-refractivity contribution < 1.29 is 9.90 Å². The number of amides is 1. The number of hydrogen-bond acceptors (Lipinski definition) is 3. The van der Waals surface area contributed by atoms with Crippen molar-refractivity contribution in [3.8, 4) is 0 Å². The molecule has 2 N–H and O–H groups in total. The summed E-state index contributed by atoms with van der Waals surface area (Å²) in [6, 6.07) is -0.146. The molecular formula is C17H36N2O2. The maximum absolute atomic E-state index is 12.2. The lowest BCUT2D eigenvalue weighted by atomic mass is 9.92. The Bertz CT molecular complexity index is 264. The molecule has 4 heteroatoms. The Labute approximate surface area is 131 Å². The number of hydrogen-bond donors (Lipinski definition) is 2. The van der Waals surface area contributed by atoms with Crippen molar-refractivity contribution in [2.24, 2.45) is 5.92 Å². The van der Waals surface area contributed by atoms with E-state index in [1.807, 2.05) is 32.6 Å². The molecule has 2 rings (SSSR count). The number of nitrogens with zero attached hydrogens (tertiary/aromatic N) is 1. The second-order valence-electron chi connectivity index (χ2n) is 5.41. The Morgan fingerprint density at radius 3 is 2.19 bits per heavy atom. The first-order valence-electron chi connectivity index (χ1n) is 8.91. The van der Waals surface area contributed by atoms with E-state index >= 15 is 0 Å². The summed E-state index contributed by atoms with van der Waals surface area (Å²) in [5, 5.41) is 12.5. The van der Waals surface area contributed by atoms with Crippen molar-refractivity contribution in [3.63, 3.8) is 0 Å². The molecule has 2 atom stereocenters. The molecule has 0 bridgehead atoms. The highest BCUT2D eigenvalue weighted by Crippen LogP contribution is 2.23. The summed E-state index contributed by atoms with van der Waals surface area (Å²) in [4.78, 5) is 14.1. The quantitative estimate of drug-likeness (QED) is 0.842. The van der Waals surface area contributed by atoms with E-state index in [1.165, 1.54) is 12.8 Å². The number of nitrogens with one attached hydrogen (secondary N) is 1. The number of rotatable bonds is 3. The second kappa shape index (κ2) is 12.0. The zero-order chi connectivity index (χ0) is 16.3. The van der Waals surface area contributed by atoms with E-state index in [0.717, 1.165) is 31.8 Å². The fourth-order valence-corrected chi connectivity index (χ4v) is 2.98. The minimum absolute atomic E-state index is 0.146. The maximum atomic E-state index is 12.2. The number of aliphatic hydroxyl groups excluding tert-OH is 1. The minimum Gasteiger partial charge on any atom is -0.392 e. The third-order valence-corrected chi connectivity index (χ3v) is 4.03. The van der Waals surface area contributed by atoms with Crippen molar-refractivity contribution in [3.05, 3.63) is 0 Å². The van der Waals surface area contributed by atoms with Gasteiger partial charge < -0.3 is 15.3 Å². The van der Waals surface area contributed by atoms with Gasteiger partial charge in [0.2, 0.25) is 5.91 Å². The number of aliphatic hydroxyl groups is 1. The van der Waals surface area contributed by atoms with Crippen LogP contribution in [0.4, 0.5) is 0 Å². The Kier molecular flexibility index (Phi) is 11.6. The number of β-amino-alcohol motifs (C(OH)–C–C–N with tert-alkyl or cyclic N) is 1. The third kappa shape index (κ3) is 6.79. The molecule has 0 unspecified atom stereocenters. The molecule has 2 fully saturated rings. The van der Waals surface area contributed by atoms with Crippen molar-refractivity contribution in [1.29, 1.82) is 0 Å². The Morgan fingerprint density at radius 1 is 1.19 bits per heavy atom. The number of carbonyl (C=O) groups excluding carboxylic acids is 1. The van der Waals surface area contributed by atoms with E-state index in [-0.39, 0.29) is 18.1 Å². The van der Waals surface area contributed by atoms with Crippen LogP contribution in [-0.4, -0.2) is 47.7 Å². The molecule has 2 aliphatic heterocycles. The average Bonchev–Trinajstić information content (AvgIpc) is 2.98. The number of likely N-dealkylation sites (tertiary alicyclic amines) is 1. The van der Waals surface area contributed by atoms with Crippen molar-refractivity contribution >= 4 is 5.91 Å². The molecule has 0 aliphatic carbocycles. The van der Waals surface area contributed by atoms with Gasteiger partial charge in [-0.1, -0.05) is 47.5 Å². The molecule has 126 valence electrons. The molecule has 0 radical (unpaired) electrons. The lowest BCUT2D eigenvalue weighted by Gasteiger charge is -2.33. The van der Waals surface area contributed by atoms with Crippen LogP contribution in [0.5, 0.6) is 0 Å². The van der Waals surface area contributed by atoms with E-state index in [2.05, 4.69) is 12.2 Å². The summed E-state index contributed by atoms with van der Waals surface area (Å²) < 4.78 is 0. The Hall–Kier alpha value is -0.610. The van der Waals surface area contributed by atoms with Gasteiger partial charge in [-0.25, -0.2) is 0 Å². The number of piperidine rings is 1. The molecule has 4 nitrogen and oxygen atoms in total. The maximum Gasteiger partial charge on any atom is 0.239 e. The normalized spacial score (nSPS) is 25.5. The van der Waals surface area contributed by atoms with E-state index in [0.29, 0.717) is 13.0 Å². The highest BCUT2D eigenvalue weighted by Gasteiger charge is 2.32. The topological polar surface area (TPSA) is 52.6 Å². The van der Waals surface area contributed by atoms with Crippen LogP contribution in [0, 0.1) is 5.92 Å². The average molecular weight is 300 g/mol. The van der Waals surface area contributed by atoms with Crippen LogP contribution in [0.1, 0.15) is 66.7 Å².